The summed E-state index contributed by atoms with van der Waals surface area (Å²) in [6.07, 6.45) is 0. The van der Waals surface area contributed by atoms with E-state index in [1.165, 1.54) is 5.19 Å². The van der Waals surface area contributed by atoms with Gasteiger partial charge in [-0.3, -0.25) is 4.79 Å². The van der Waals surface area contributed by atoms with Gasteiger partial charge in [0.1, 0.15) is 5.75 Å². The Balaban J connectivity index is 2.39. The third-order valence-corrected chi connectivity index (χ3v) is 6.18. The Kier molecular flexibility index (Phi) is 5.90. The minimum atomic E-state index is -1.64. The molecule has 0 aliphatic carbocycles. The molecule has 133 valence electrons. The summed E-state index contributed by atoms with van der Waals surface area (Å²) < 4.78 is 5.98. The number of nitrogens with zero attached hydrogens (tertiary/aromatic N) is 1. The zero-order valence-corrected chi connectivity index (χ0v) is 18.3. The Morgan fingerprint density at radius 1 is 1.00 bits per heavy atom. The molecule has 0 bridgehead atoms. The third-order valence-electron chi connectivity index (χ3n) is 3.81. The molecule has 0 fully saturated rings. The van der Waals surface area contributed by atoms with Crippen LogP contribution in [0.1, 0.15) is 15.9 Å². The van der Waals surface area contributed by atoms with Crippen molar-refractivity contribution >= 4 is 33.8 Å². The zero-order valence-electron chi connectivity index (χ0n) is 16.3. The molecule has 5 heteroatoms. The molecule has 0 saturated carbocycles. The third kappa shape index (κ3) is 4.83. The van der Waals surface area contributed by atoms with Gasteiger partial charge < -0.3 is 9.33 Å². The largest absolute Gasteiger partial charge is 0.544 e. The topological polar surface area (TPSA) is 29.5 Å². The predicted octanol–water partition coefficient (Wildman–Crippen LogP) is 4.16. The van der Waals surface area contributed by atoms with Gasteiger partial charge in [-0.05, 0) is 55.2 Å². The molecule has 0 atom stereocenters. The lowest BCUT2D eigenvalue weighted by Gasteiger charge is -2.22. The minimum Gasteiger partial charge on any atom is -0.544 e. The molecule has 0 aliphatic heterocycles. The predicted molar refractivity (Wildman–Crippen MR) is 112 cm³/mol. The average Bonchev–Trinajstić information content (AvgIpc) is 2.52. The number of hydrogen-bond acceptors (Lipinski definition) is 3. The van der Waals surface area contributed by atoms with Crippen LogP contribution in [0.5, 0.6) is 5.75 Å². The summed E-state index contributed by atoms with van der Waals surface area (Å²) >= 11 is 0. The van der Waals surface area contributed by atoms with Gasteiger partial charge in [0, 0.05) is 30.9 Å². The Labute approximate surface area is 154 Å². The number of ketones is 1. The second kappa shape index (κ2) is 7.58. The minimum absolute atomic E-state index is 0.0875. The Hall–Kier alpha value is -1.86. The smallest absolute Gasteiger partial charge is 0.242 e. The van der Waals surface area contributed by atoms with Crippen LogP contribution >= 0.6 is 0 Å². The van der Waals surface area contributed by atoms with Gasteiger partial charge >= 0.3 is 0 Å². The first-order valence-electron chi connectivity index (χ1n) is 8.55. The van der Waals surface area contributed by atoms with E-state index in [1.807, 2.05) is 50.5 Å². The molecule has 0 unspecified atom stereocenters. The lowest BCUT2D eigenvalue weighted by atomic mass is 10.0. The molecule has 2 aromatic rings. The van der Waals surface area contributed by atoms with Gasteiger partial charge in [-0.25, -0.2) is 0 Å². The monoisotopic (exact) mass is 370 g/mol. The molecule has 2 aromatic carbocycles. The van der Waals surface area contributed by atoms with Crippen molar-refractivity contribution in [1.82, 2.24) is 0 Å². The van der Waals surface area contributed by atoms with Crippen LogP contribution in [0.15, 0.2) is 42.5 Å². The molecular weight excluding hydrogens is 342 g/mol. The van der Waals surface area contributed by atoms with Gasteiger partial charge in [0.25, 0.3) is 0 Å². The summed E-state index contributed by atoms with van der Waals surface area (Å²) in [5, 5.41) is 1.20. The standard InChI is InChI=1S/C20H28NO2Si2/c1-21(2)18-10-8-9-17(20(18)24(3)4)19(22)15-11-13-16(14-12-15)23-25(5,6)7/h8-14H,1-7H3. The molecular formula is C20H28NO2Si2. The van der Waals surface area contributed by atoms with Crippen LogP contribution in [0.25, 0.3) is 0 Å². The fourth-order valence-electron chi connectivity index (χ4n) is 2.81. The second-order valence-electron chi connectivity index (χ2n) is 7.66. The highest BCUT2D eigenvalue weighted by molar-refractivity contribution is 6.73. The molecule has 0 aromatic heterocycles. The number of carbonyl (C=O) groups is 1. The van der Waals surface area contributed by atoms with Crippen molar-refractivity contribution in [1.29, 1.82) is 0 Å². The molecule has 0 spiro atoms. The maximum Gasteiger partial charge on any atom is 0.242 e. The van der Waals surface area contributed by atoms with Gasteiger partial charge in [-0.1, -0.05) is 25.2 Å². The van der Waals surface area contributed by atoms with Crippen molar-refractivity contribution in [2.45, 2.75) is 32.7 Å². The SMILES string of the molecule is CN(C)c1cccc(C(=O)c2ccc(O[Si](C)(C)C)cc2)c1[Si](C)C. The Morgan fingerprint density at radius 3 is 2.08 bits per heavy atom. The lowest BCUT2D eigenvalue weighted by molar-refractivity contribution is 0.104. The van der Waals surface area contributed by atoms with E-state index < -0.39 is 17.1 Å². The lowest BCUT2D eigenvalue weighted by Crippen LogP contribution is -2.34. The first-order chi connectivity index (χ1) is 11.6. The second-order valence-corrected chi connectivity index (χ2v) is 14.6. The van der Waals surface area contributed by atoms with Crippen LogP contribution in [-0.2, 0) is 0 Å². The van der Waals surface area contributed by atoms with Crippen molar-refractivity contribution in [3.8, 4) is 5.75 Å². The van der Waals surface area contributed by atoms with Crippen molar-refractivity contribution in [2.24, 2.45) is 0 Å². The van der Waals surface area contributed by atoms with E-state index in [-0.39, 0.29) is 5.78 Å². The summed E-state index contributed by atoms with van der Waals surface area (Å²) in [5.74, 6) is 0.929. The number of rotatable bonds is 6. The van der Waals surface area contributed by atoms with Crippen LogP contribution in [0, 0.1) is 0 Å². The average molecular weight is 371 g/mol. The molecule has 25 heavy (non-hydrogen) atoms. The highest BCUT2D eigenvalue weighted by Crippen LogP contribution is 2.20. The van der Waals surface area contributed by atoms with Crippen LogP contribution in [0.4, 0.5) is 5.69 Å². The Morgan fingerprint density at radius 2 is 1.60 bits per heavy atom. The van der Waals surface area contributed by atoms with E-state index in [1.54, 1.807) is 0 Å². The number of carbonyl (C=O) groups excluding carboxylic acids is 1. The maximum atomic E-state index is 13.1. The normalized spacial score (nSPS) is 11.5. The van der Waals surface area contributed by atoms with E-state index in [4.69, 9.17) is 4.43 Å². The van der Waals surface area contributed by atoms with E-state index in [0.29, 0.717) is 5.56 Å². The summed E-state index contributed by atoms with van der Waals surface area (Å²) in [6.45, 7) is 10.9. The van der Waals surface area contributed by atoms with Crippen molar-refractivity contribution in [3.05, 3.63) is 53.6 Å². The van der Waals surface area contributed by atoms with Crippen LogP contribution < -0.4 is 14.5 Å². The van der Waals surface area contributed by atoms with Gasteiger partial charge in [-0.15, -0.1) is 0 Å². The maximum absolute atomic E-state index is 13.1. The summed E-state index contributed by atoms with van der Waals surface area (Å²) in [7, 11) is 1.64. The molecule has 0 aliphatic rings. The number of anilines is 1. The van der Waals surface area contributed by atoms with Gasteiger partial charge in [0.2, 0.25) is 8.32 Å². The van der Waals surface area contributed by atoms with Gasteiger partial charge in [0.15, 0.2) is 5.78 Å². The fourth-order valence-corrected chi connectivity index (χ4v) is 5.21. The summed E-state index contributed by atoms with van der Waals surface area (Å²) in [4.78, 5) is 15.2. The van der Waals surface area contributed by atoms with E-state index >= 15 is 0 Å². The fraction of sp³-hybridized carbons (Fsp3) is 0.350. The first kappa shape index (κ1) is 19.5. The Bertz CT molecular complexity index is 747. The highest BCUT2D eigenvalue weighted by atomic mass is 28.4. The molecule has 0 amide bonds. The molecule has 0 heterocycles. The van der Waals surface area contributed by atoms with E-state index in [9.17, 15) is 4.79 Å². The van der Waals surface area contributed by atoms with Crippen molar-refractivity contribution in [3.63, 3.8) is 0 Å². The van der Waals surface area contributed by atoms with Gasteiger partial charge in [0.05, 0.1) is 8.80 Å². The van der Waals surface area contributed by atoms with Crippen molar-refractivity contribution in [2.75, 3.05) is 19.0 Å². The summed E-state index contributed by atoms with van der Waals surface area (Å²) in [5.41, 5.74) is 2.68. The van der Waals surface area contributed by atoms with Gasteiger partial charge in [-0.2, -0.15) is 0 Å². The molecule has 3 nitrogen and oxygen atoms in total. The van der Waals surface area contributed by atoms with E-state index in [2.05, 4.69) is 43.7 Å². The van der Waals surface area contributed by atoms with Crippen LogP contribution in [0.3, 0.4) is 0 Å². The zero-order chi connectivity index (χ0) is 18.8. The van der Waals surface area contributed by atoms with E-state index in [0.717, 1.165) is 17.0 Å². The van der Waals surface area contributed by atoms with Crippen molar-refractivity contribution < 1.29 is 9.22 Å². The molecule has 0 N–H and O–H groups in total. The first-order valence-corrected chi connectivity index (χ1v) is 14.5. The number of hydrogen-bond donors (Lipinski definition) is 0. The number of benzene rings is 2. The molecule has 0 saturated heterocycles. The quantitative estimate of drug-likeness (QED) is 0.565. The highest BCUT2D eigenvalue weighted by Gasteiger charge is 2.21. The van der Waals surface area contributed by atoms with Crippen LogP contribution in [0.2, 0.25) is 32.7 Å². The van der Waals surface area contributed by atoms with Crippen LogP contribution in [-0.4, -0.2) is 37.0 Å². The summed E-state index contributed by atoms with van der Waals surface area (Å²) in [6, 6.07) is 13.6. The molecule has 1 radical (unpaired) electrons. The molecule has 2 rings (SSSR count).